The second-order valence-corrected chi connectivity index (χ2v) is 3.36. The van der Waals surface area contributed by atoms with E-state index in [1.165, 1.54) is 6.20 Å². The van der Waals surface area contributed by atoms with Crippen LogP contribution >= 0.6 is 0 Å². The van der Waals surface area contributed by atoms with E-state index in [1.807, 2.05) is 30.3 Å². The molecule has 0 bridgehead atoms. The van der Waals surface area contributed by atoms with Gasteiger partial charge >= 0.3 is 0 Å². The minimum Gasteiger partial charge on any atom is -0.322 e. The van der Waals surface area contributed by atoms with Gasteiger partial charge in [0, 0.05) is 6.20 Å². The van der Waals surface area contributed by atoms with E-state index >= 15 is 0 Å². The van der Waals surface area contributed by atoms with Gasteiger partial charge in [0.1, 0.15) is 6.04 Å². The number of anilines is 1. The summed E-state index contributed by atoms with van der Waals surface area (Å²) in [5, 5.41) is 9.00. The van der Waals surface area contributed by atoms with Crippen LogP contribution < -0.4 is 11.1 Å². The molecule has 0 aliphatic heterocycles. The number of aromatic amines is 1. The molecule has 0 aliphatic carbocycles. The lowest BCUT2D eigenvalue weighted by atomic mass is 10.1. The van der Waals surface area contributed by atoms with Gasteiger partial charge in [-0.3, -0.25) is 9.89 Å². The minimum atomic E-state index is -0.670. The molecule has 1 aromatic carbocycles. The van der Waals surface area contributed by atoms with Crippen molar-refractivity contribution in [2.45, 2.75) is 6.04 Å². The predicted molar refractivity (Wildman–Crippen MR) is 60.6 cm³/mol. The molecule has 0 aliphatic rings. The Morgan fingerprint density at radius 1 is 1.38 bits per heavy atom. The first-order valence-corrected chi connectivity index (χ1v) is 4.87. The Kier molecular flexibility index (Phi) is 2.98. The normalized spacial score (nSPS) is 12.1. The molecule has 2 aromatic rings. The summed E-state index contributed by atoms with van der Waals surface area (Å²) in [7, 11) is 0. The zero-order chi connectivity index (χ0) is 11.4. The highest BCUT2D eigenvalue weighted by Crippen LogP contribution is 2.12. The van der Waals surface area contributed by atoms with E-state index < -0.39 is 6.04 Å². The van der Waals surface area contributed by atoms with Crippen LogP contribution in [0.3, 0.4) is 0 Å². The maximum Gasteiger partial charge on any atom is 0.245 e. The molecule has 0 fully saturated rings. The van der Waals surface area contributed by atoms with E-state index in [0.29, 0.717) is 5.69 Å². The molecule has 0 saturated heterocycles. The van der Waals surface area contributed by atoms with Gasteiger partial charge in [-0.15, -0.1) is 0 Å². The largest absolute Gasteiger partial charge is 0.322 e. The number of hydrogen-bond donors (Lipinski definition) is 3. The van der Waals surface area contributed by atoms with Gasteiger partial charge < -0.3 is 11.1 Å². The van der Waals surface area contributed by atoms with Gasteiger partial charge in [-0.25, -0.2) is 0 Å². The van der Waals surface area contributed by atoms with Crippen LogP contribution in [0, 0.1) is 0 Å². The Morgan fingerprint density at radius 2 is 2.12 bits per heavy atom. The highest BCUT2D eigenvalue weighted by Gasteiger charge is 2.15. The molecule has 0 saturated carbocycles. The lowest BCUT2D eigenvalue weighted by Crippen LogP contribution is -2.27. The van der Waals surface area contributed by atoms with E-state index in [0.717, 1.165) is 5.56 Å². The summed E-state index contributed by atoms with van der Waals surface area (Å²) in [6, 6.07) is 8.54. The molecule has 1 aromatic heterocycles. The number of amides is 1. The van der Waals surface area contributed by atoms with Gasteiger partial charge in [-0.05, 0) is 5.56 Å². The lowest BCUT2D eigenvalue weighted by molar-refractivity contribution is -0.117. The Bertz CT molecular complexity index is 452. The summed E-state index contributed by atoms with van der Waals surface area (Å²) in [5.41, 5.74) is 7.20. The summed E-state index contributed by atoms with van der Waals surface area (Å²) in [6.07, 6.45) is 3.12. The third-order valence-electron chi connectivity index (χ3n) is 2.21. The Balaban J connectivity index is 2.05. The van der Waals surface area contributed by atoms with Crippen molar-refractivity contribution in [1.82, 2.24) is 10.2 Å². The first-order chi connectivity index (χ1) is 7.77. The van der Waals surface area contributed by atoms with Crippen LogP contribution in [-0.2, 0) is 4.79 Å². The Morgan fingerprint density at radius 3 is 2.75 bits per heavy atom. The molecule has 1 amide bonds. The number of rotatable bonds is 3. The quantitative estimate of drug-likeness (QED) is 0.717. The molecule has 5 nitrogen and oxygen atoms in total. The fourth-order valence-corrected chi connectivity index (χ4v) is 1.35. The second kappa shape index (κ2) is 4.59. The maximum absolute atomic E-state index is 11.7. The van der Waals surface area contributed by atoms with Gasteiger partial charge in [-0.1, -0.05) is 30.3 Å². The lowest BCUT2D eigenvalue weighted by Gasteiger charge is -2.10. The number of H-pyrrole nitrogens is 1. The molecule has 82 valence electrons. The molecule has 1 heterocycles. The Hall–Kier alpha value is -2.14. The molecular formula is C11H12N4O. The van der Waals surface area contributed by atoms with Crippen molar-refractivity contribution in [3.63, 3.8) is 0 Å². The summed E-state index contributed by atoms with van der Waals surface area (Å²) in [5.74, 6) is -0.257. The first-order valence-electron chi connectivity index (χ1n) is 4.87. The molecule has 0 radical (unpaired) electrons. The number of aromatic nitrogens is 2. The van der Waals surface area contributed by atoms with E-state index in [4.69, 9.17) is 5.73 Å². The van der Waals surface area contributed by atoms with Crippen LogP contribution in [0.5, 0.6) is 0 Å². The second-order valence-electron chi connectivity index (χ2n) is 3.36. The molecule has 5 heteroatoms. The van der Waals surface area contributed by atoms with Gasteiger partial charge in [-0.2, -0.15) is 5.10 Å². The summed E-state index contributed by atoms with van der Waals surface area (Å²) >= 11 is 0. The third kappa shape index (κ3) is 2.26. The standard InChI is InChI=1S/C11H12N4O/c12-10(8-4-2-1-3-5-8)11(16)15-9-6-13-14-7-9/h1-7,10H,12H2,(H,13,14)(H,15,16)/t10-/m1/s1. The maximum atomic E-state index is 11.7. The predicted octanol–water partition coefficient (Wildman–Crippen LogP) is 1.05. The number of carbonyl (C=O) groups is 1. The number of nitrogens with one attached hydrogen (secondary N) is 2. The molecule has 0 spiro atoms. The number of hydrogen-bond acceptors (Lipinski definition) is 3. The topological polar surface area (TPSA) is 83.8 Å². The van der Waals surface area contributed by atoms with E-state index in [9.17, 15) is 4.79 Å². The van der Waals surface area contributed by atoms with Crippen LogP contribution in [0.4, 0.5) is 5.69 Å². The zero-order valence-electron chi connectivity index (χ0n) is 8.55. The first kappa shape index (κ1) is 10.4. The van der Waals surface area contributed by atoms with Crippen molar-refractivity contribution in [3.8, 4) is 0 Å². The molecule has 4 N–H and O–H groups in total. The fraction of sp³-hybridized carbons (Fsp3) is 0.0909. The van der Waals surface area contributed by atoms with Crippen molar-refractivity contribution in [2.75, 3.05) is 5.32 Å². The number of benzene rings is 1. The number of carbonyl (C=O) groups excluding carboxylic acids is 1. The number of nitrogens with two attached hydrogens (primary N) is 1. The molecule has 0 unspecified atom stereocenters. The van der Waals surface area contributed by atoms with Crippen LogP contribution in [0.15, 0.2) is 42.7 Å². The summed E-state index contributed by atoms with van der Waals surface area (Å²) < 4.78 is 0. The van der Waals surface area contributed by atoms with E-state index in [1.54, 1.807) is 6.20 Å². The highest BCUT2D eigenvalue weighted by atomic mass is 16.2. The van der Waals surface area contributed by atoms with Crippen LogP contribution in [0.25, 0.3) is 0 Å². The fourth-order valence-electron chi connectivity index (χ4n) is 1.35. The van der Waals surface area contributed by atoms with Crippen molar-refractivity contribution in [2.24, 2.45) is 5.73 Å². The van der Waals surface area contributed by atoms with Gasteiger partial charge in [0.15, 0.2) is 0 Å². The van der Waals surface area contributed by atoms with E-state index in [-0.39, 0.29) is 5.91 Å². The number of nitrogens with zero attached hydrogens (tertiary/aromatic N) is 1. The van der Waals surface area contributed by atoms with E-state index in [2.05, 4.69) is 15.5 Å². The molecule has 16 heavy (non-hydrogen) atoms. The van der Waals surface area contributed by atoms with Crippen molar-refractivity contribution in [3.05, 3.63) is 48.3 Å². The zero-order valence-corrected chi connectivity index (χ0v) is 8.55. The molecular weight excluding hydrogens is 204 g/mol. The smallest absolute Gasteiger partial charge is 0.245 e. The highest BCUT2D eigenvalue weighted by molar-refractivity contribution is 5.95. The van der Waals surface area contributed by atoms with Gasteiger partial charge in [0.2, 0.25) is 5.91 Å². The van der Waals surface area contributed by atoms with Crippen molar-refractivity contribution in [1.29, 1.82) is 0 Å². The van der Waals surface area contributed by atoms with Crippen LogP contribution in [-0.4, -0.2) is 16.1 Å². The van der Waals surface area contributed by atoms with Gasteiger partial charge in [0.25, 0.3) is 0 Å². The SMILES string of the molecule is N[C@@H](C(=O)Nc1cn[nH]c1)c1ccccc1. The minimum absolute atomic E-state index is 0.257. The third-order valence-corrected chi connectivity index (χ3v) is 2.21. The Labute approximate surface area is 92.7 Å². The van der Waals surface area contributed by atoms with Crippen LogP contribution in [0.1, 0.15) is 11.6 Å². The summed E-state index contributed by atoms with van der Waals surface area (Å²) in [6.45, 7) is 0. The average Bonchev–Trinajstić information content (AvgIpc) is 2.82. The monoisotopic (exact) mass is 216 g/mol. The average molecular weight is 216 g/mol. The van der Waals surface area contributed by atoms with Gasteiger partial charge in [0.05, 0.1) is 11.9 Å². The molecule has 1 atom stereocenters. The van der Waals surface area contributed by atoms with Crippen molar-refractivity contribution >= 4 is 11.6 Å². The summed E-state index contributed by atoms with van der Waals surface area (Å²) in [4.78, 5) is 11.7. The molecule has 2 rings (SSSR count). The van der Waals surface area contributed by atoms with Crippen LogP contribution in [0.2, 0.25) is 0 Å². The van der Waals surface area contributed by atoms with Crippen molar-refractivity contribution < 1.29 is 4.79 Å².